The van der Waals surface area contributed by atoms with Crippen molar-refractivity contribution in [3.8, 4) is 0 Å². The van der Waals surface area contributed by atoms with Crippen molar-refractivity contribution in [3.63, 3.8) is 0 Å². The Balaban J connectivity index is 3.84. The summed E-state index contributed by atoms with van der Waals surface area (Å²) in [6.07, 6.45) is 4.19. The van der Waals surface area contributed by atoms with Gasteiger partial charge < -0.3 is 0 Å². The van der Waals surface area contributed by atoms with Crippen LogP contribution in [0.5, 0.6) is 0 Å². The topological polar surface area (TPSA) is 12.4 Å². The van der Waals surface area contributed by atoms with Crippen LogP contribution >= 0.6 is 0 Å². The molecule has 1 nitrogen and oxygen atoms in total. The Morgan fingerprint density at radius 3 is 2.38 bits per heavy atom. The first-order chi connectivity index (χ1) is 3.85. The van der Waals surface area contributed by atoms with Crippen molar-refractivity contribution in [2.75, 3.05) is 0 Å². The maximum atomic E-state index is 3.92. The van der Waals surface area contributed by atoms with Crippen LogP contribution in [0.4, 0.5) is 0 Å². The summed E-state index contributed by atoms with van der Waals surface area (Å²) in [5, 5.41) is 0. The van der Waals surface area contributed by atoms with Crippen LogP contribution in [0, 0.1) is 0 Å². The minimum atomic E-state index is 0.926. The van der Waals surface area contributed by atoms with E-state index in [1.165, 1.54) is 6.20 Å². The van der Waals surface area contributed by atoms with Crippen LogP contribution in [0.15, 0.2) is 30.4 Å². The van der Waals surface area contributed by atoms with Crippen LogP contribution in [0.3, 0.4) is 0 Å². The molecule has 1 heteroatoms. The fourth-order valence-corrected chi connectivity index (χ4v) is 0.406. The Kier molecular flexibility index (Phi) is 3.85. The number of allylic oxidation sites excluding steroid dienone is 1. The van der Waals surface area contributed by atoms with E-state index < -0.39 is 0 Å². The van der Waals surface area contributed by atoms with E-state index >= 15 is 0 Å². The Morgan fingerprint density at radius 2 is 2.25 bits per heavy atom. The second-order valence-electron chi connectivity index (χ2n) is 1.36. The lowest BCUT2D eigenvalue weighted by Gasteiger charge is -1.87. The molecule has 0 aliphatic rings. The molecule has 0 amide bonds. The Labute approximate surface area is 50.4 Å². The molecular formula is C7H11N. The lowest BCUT2D eigenvalue weighted by molar-refractivity contribution is 1.28. The molecule has 0 radical (unpaired) electrons. The second kappa shape index (κ2) is 4.31. The Hall–Kier alpha value is -0.850. The fraction of sp³-hybridized carbons (Fsp3) is 0.286. The summed E-state index contributed by atoms with van der Waals surface area (Å²) in [4.78, 5) is 3.92. The van der Waals surface area contributed by atoms with Crippen molar-refractivity contribution in [3.05, 3.63) is 25.4 Å². The van der Waals surface area contributed by atoms with Gasteiger partial charge in [0.1, 0.15) is 0 Å². The third-order valence-corrected chi connectivity index (χ3v) is 0.855. The zero-order valence-electron chi connectivity index (χ0n) is 5.22. The van der Waals surface area contributed by atoms with E-state index in [1.807, 2.05) is 6.92 Å². The van der Waals surface area contributed by atoms with E-state index in [2.05, 4.69) is 18.2 Å². The molecule has 0 atom stereocenters. The number of hydrogen-bond donors (Lipinski definition) is 0. The van der Waals surface area contributed by atoms with E-state index in [1.54, 1.807) is 6.08 Å². The Bertz CT molecular complexity index is 112. The van der Waals surface area contributed by atoms with Crippen LogP contribution in [-0.2, 0) is 0 Å². The van der Waals surface area contributed by atoms with Gasteiger partial charge in [-0.2, -0.15) is 0 Å². The van der Waals surface area contributed by atoms with E-state index in [4.69, 9.17) is 0 Å². The summed E-state index contributed by atoms with van der Waals surface area (Å²) >= 11 is 0. The highest BCUT2D eigenvalue weighted by atomic mass is 14.7. The Morgan fingerprint density at radius 1 is 1.62 bits per heavy atom. The van der Waals surface area contributed by atoms with Gasteiger partial charge in [-0.15, -0.1) is 0 Å². The first kappa shape index (κ1) is 7.15. The minimum absolute atomic E-state index is 0.926. The molecule has 0 unspecified atom stereocenters. The van der Waals surface area contributed by atoms with E-state index in [0.29, 0.717) is 0 Å². The van der Waals surface area contributed by atoms with Crippen LogP contribution in [0.1, 0.15) is 13.3 Å². The van der Waals surface area contributed by atoms with Crippen molar-refractivity contribution in [1.82, 2.24) is 0 Å². The smallest absolute Gasteiger partial charge is 0.0394 e. The first-order valence-electron chi connectivity index (χ1n) is 2.65. The molecule has 0 aromatic rings. The highest BCUT2D eigenvalue weighted by molar-refractivity contribution is 5.94. The molecule has 0 aliphatic heterocycles. The third-order valence-electron chi connectivity index (χ3n) is 0.855. The van der Waals surface area contributed by atoms with Crippen LogP contribution in [0.2, 0.25) is 0 Å². The summed E-state index contributed by atoms with van der Waals surface area (Å²) in [6.45, 7) is 9.06. The number of hydrogen-bond acceptors (Lipinski definition) is 1. The average molecular weight is 109 g/mol. The summed E-state index contributed by atoms with van der Waals surface area (Å²) in [5.41, 5.74) is 0.986. The lowest BCUT2D eigenvalue weighted by atomic mass is 10.3. The molecule has 8 heavy (non-hydrogen) atoms. The van der Waals surface area contributed by atoms with E-state index in [9.17, 15) is 0 Å². The molecule has 0 N–H and O–H groups in total. The highest BCUT2D eigenvalue weighted by Gasteiger charge is 1.81. The predicted molar refractivity (Wildman–Crippen MR) is 38.1 cm³/mol. The summed E-state index contributed by atoms with van der Waals surface area (Å²) in [7, 11) is 0. The fourth-order valence-electron chi connectivity index (χ4n) is 0.406. The third kappa shape index (κ3) is 2.35. The standard InChI is InChI=1S/C7H11N/c1-4-7(5-2)8-6-3/h4,6H,1,3,5H2,2H3. The van der Waals surface area contributed by atoms with Gasteiger partial charge in [0.2, 0.25) is 0 Å². The molecule has 0 aliphatic carbocycles. The molecule has 0 heterocycles. The van der Waals surface area contributed by atoms with Gasteiger partial charge in [0.25, 0.3) is 0 Å². The number of rotatable bonds is 3. The quantitative estimate of drug-likeness (QED) is 0.492. The SMILES string of the molecule is C=CN=C(C=C)CC. The van der Waals surface area contributed by atoms with Crippen LogP contribution in [0.25, 0.3) is 0 Å². The van der Waals surface area contributed by atoms with Gasteiger partial charge in [-0.1, -0.05) is 20.1 Å². The minimum Gasteiger partial charge on any atom is -0.262 e. The van der Waals surface area contributed by atoms with Crippen molar-refractivity contribution >= 4 is 5.71 Å². The summed E-state index contributed by atoms with van der Waals surface area (Å²) < 4.78 is 0. The van der Waals surface area contributed by atoms with Crippen LogP contribution < -0.4 is 0 Å². The molecule has 44 valence electrons. The monoisotopic (exact) mass is 109 g/mol. The second-order valence-corrected chi connectivity index (χ2v) is 1.36. The molecule has 0 saturated carbocycles. The molecule has 0 spiro atoms. The molecule has 0 saturated heterocycles. The first-order valence-corrected chi connectivity index (χ1v) is 2.65. The van der Waals surface area contributed by atoms with Gasteiger partial charge in [-0.3, -0.25) is 4.99 Å². The average Bonchev–Trinajstić information content (AvgIpc) is 1.83. The number of nitrogens with zero attached hydrogens (tertiary/aromatic N) is 1. The van der Waals surface area contributed by atoms with Crippen molar-refractivity contribution < 1.29 is 0 Å². The largest absolute Gasteiger partial charge is 0.262 e. The number of aliphatic imine (C=N–C) groups is 1. The zero-order valence-corrected chi connectivity index (χ0v) is 5.22. The van der Waals surface area contributed by atoms with Gasteiger partial charge in [-0.25, -0.2) is 0 Å². The van der Waals surface area contributed by atoms with Gasteiger partial charge in [-0.05, 0) is 12.5 Å². The molecule has 0 rings (SSSR count). The van der Waals surface area contributed by atoms with E-state index in [-0.39, 0.29) is 0 Å². The normalized spacial score (nSPS) is 10.9. The zero-order chi connectivity index (χ0) is 6.41. The van der Waals surface area contributed by atoms with Crippen molar-refractivity contribution in [1.29, 1.82) is 0 Å². The predicted octanol–water partition coefficient (Wildman–Crippen LogP) is 2.17. The molecule has 0 aromatic carbocycles. The van der Waals surface area contributed by atoms with Gasteiger partial charge in [0.05, 0.1) is 0 Å². The van der Waals surface area contributed by atoms with Gasteiger partial charge in [0.15, 0.2) is 0 Å². The van der Waals surface area contributed by atoms with Crippen molar-refractivity contribution in [2.24, 2.45) is 4.99 Å². The summed E-state index contributed by atoms with van der Waals surface area (Å²) in [6, 6.07) is 0. The van der Waals surface area contributed by atoms with Crippen LogP contribution in [-0.4, -0.2) is 5.71 Å². The van der Waals surface area contributed by atoms with Crippen molar-refractivity contribution in [2.45, 2.75) is 13.3 Å². The highest BCUT2D eigenvalue weighted by Crippen LogP contribution is 1.86. The van der Waals surface area contributed by atoms with E-state index in [0.717, 1.165) is 12.1 Å². The van der Waals surface area contributed by atoms with Gasteiger partial charge in [0, 0.05) is 11.9 Å². The lowest BCUT2D eigenvalue weighted by Crippen LogP contribution is -1.85. The van der Waals surface area contributed by atoms with Gasteiger partial charge >= 0.3 is 0 Å². The molecular weight excluding hydrogens is 98.1 g/mol. The maximum absolute atomic E-state index is 3.92. The molecule has 0 fully saturated rings. The molecule has 0 bridgehead atoms. The maximum Gasteiger partial charge on any atom is 0.0394 e. The summed E-state index contributed by atoms with van der Waals surface area (Å²) in [5.74, 6) is 0. The molecule has 0 aromatic heterocycles.